The summed E-state index contributed by atoms with van der Waals surface area (Å²) >= 11 is 0. The van der Waals surface area contributed by atoms with E-state index in [4.69, 9.17) is 4.74 Å². The van der Waals surface area contributed by atoms with Gasteiger partial charge in [0.15, 0.2) is 0 Å². The third-order valence-corrected chi connectivity index (χ3v) is 1.83. The number of nitrogens with one attached hydrogen (secondary N) is 1. The van der Waals surface area contributed by atoms with Crippen molar-refractivity contribution in [2.45, 2.75) is 19.5 Å². The molecule has 1 aromatic heterocycles. The zero-order valence-electron chi connectivity index (χ0n) is 8.23. The van der Waals surface area contributed by atoms with Crippen molar-refractivity contribution in [3.05, 3.63) is 18.5 Å². The average Bonchev–Trinajstić information content (AvgIpc) is 2.58. The molecule has 4 nitrogen and oxygen atoms in total. The summed E-state index contributed by atoms with van der Waals surface area (Å²) in [7, 11) is 1.72. The highest BCUT2D eigenvalue weighted by Gasteiger charge is 2.06. The smallest absolute Gasteiger partial charge is 0.0633 e. The normalized spacial score (nSPS) is 13.1. The Balaban J connectivity index is 2.37. The van der Waals surface area contributed by atoms with Crippen molar-refractivity contribution in [2.24, 2.45) is 0 Å². The van der Waals surface area contributed by atoms with Crippen molar-refractivity contribution in [3.63, 3.8) is 0 Å². The molecular weight excluding hydrogens is 166 g/mol. The summed E-state index contributed by atoms with van der Waals surface area (Å²) in [5.41, 5.74) is 0. The summed E-state index contributed by atoms with van der Waals surface area (Å²) in [5, 5.41) is 7.48. The zero-order chi connectivity index (χ0) is 9.52. The molecule has 1 N–H and O–H groups in total. The van der Waals surface area contributed by atoms with Crippen LogP contribution in [0.1, 0.15) is 6.92 Å². The van der Waals surface area contributed by atoms with E-state index in [2.05, 4.69) is 17.3 Å². The molecule has 0 fully saturated rings. The minimum Gasteiger partial charge on any atom is -0.383 e. The SMILES string of the molecule is CCNC(COC)Cn1cccn1. The molecule has 0 aromatic carbocycles. The molecule has 1 aromatic rings. The van der Waals surface area contributed by atoms with Crippen molar-refractivity contribution in [1.29, 1.82) is 0 Å². The molecule has 4 heteroatoms. The number of aromatic nitrogens is 2. The van der Waals surface area contributed by atoms with Gasteiger partial charge in [-0.15, -0.1) is 0 Å². The van der Waals surface area contributed by atoms with Crippen LogP contribution in [0, 0.1) is 0 Å². The van der Waals surface area contributed by atoms with Gasteiger partial charge in [0.05, 0.1) is 19.2 Å². The molecule has 0 aliphatic carbocycles. The fraction of sp³-hybridized carbons (Fsp3) is 0.667. The van der Waals surface area contributed by atoms with Crippen molar-refractivity contribution in [3.8, 4) is 0 Å². The largest absolute Gasteiger partial charge is 0.383 e. The number of hydrogen-bond acceptors (Lipinski definition) is 3. The molecule has 0 spiro atoms. The van der Waals surface area contributed by atoms with Crippen molar-refractivity contribution in [1.82, 2.24) is 15.1 Å². The number of ether oxygens (including phenoxy) is 1. The number of rotatable bonds is 6. The Morgan fingerprint density at radius 3 is 3.00 bits per heavy atom. The monoisotopic (exact) mass is 183 g/mol. The van der Waals surface area contributed by atoms with Crippen LogP contribution in [0.5, 0.6) is 0 Å². The maximum absolute atomic E-state index is 5.10. The van der Waals surface area contributed by atoms with Gasteiger partial charge < -0.3 is 10.1 Å². The van der Waals surface area contributed by atoms with E-state index >= 15 is 0 Å². The maximum Gasteiger partial charge on any atom is 0.0633 e. The van der Waals surface area contributed by atoms with Crippen LogP contribution in [-0.4, -0.2) is 36.1 Å². The Kier molecular flexibility index (Phi) is 4.49. The van der Waals surface area contributed by atoms with Crippen molar-refractivity contribution in [2.75, 3.05) is 20.3 Å². The predicted octanol–water partition coefficient (Wildman–Crippen LogP) is 0.508. The summed E-state index contributed by atoms with van der Waals surface area (Å²) in [4.78, 5) is 0. The quantitative estimate of drug-likeness (QED) is 0.698. The first-order valence-corrected chi connectivity index (χ1v) is 4.56. The Labute approximate surface area is 78.9 Å². The third-order valence-electron chi connectivity index (χ3n) is 1.83. The van der Waals surface area contributed by atoms with E-state index < -0.39 is 0 Å². The van der Waals surface area contributed by atoms with Gasteiger partial charge in [-0.05, 0) is 12.6 Å². The highest BCUT2D eigenvalue weighted by Crippen LogP contribution is 1.92. The van der Waals surface area contributed by atoms with E-state index in [9.17, 15) is 0 Å². The number of hydrogen-bond donors (Lipinski definition) is 1. The average molecular weight is 183 g/mol. The molecule has 0 saturated carbocycles. The fourth-order valence-corrected chi connectivity index (χ4v) is 1.30. The minimum absolute atomic E-state index is 0.343. The van der Waals surface area contributed by atoms with E-state index in [0.29, 0.717) is 12.6 Å². The second kappa shape index (κ2) is 5.72. The summed E-state index contributed by atoms with van der Waals surface area (Å²) in [5.74, 6) is 0. The number of likely N-dealkylation sites (N-methyl/N-ethyl adjacent to an activating group) is 1. The molecule has 1 unspecified atom stereocenters. The van der Waals surface area contributed by atoms with Crippen molar-refractivity contribution < 1.29 is 4.74 Å². The predicted molar refractivity (Wildman–Crippen MR) is 51.6 cm³/mol. The van der Waals surface area contributed by atoms with Crippen LogP contribution in [0.25, 0.3) is 0 Å². The van der Waals surface area contributed by atoms with Crippen LogP contribution in [-0.2, 0) is 11.3 Å². The van der Waals surface area contributed by atoms with Gasteiger partial charge >= 0.3 is 0 Å². The molecule has 1 atom stereocenters. The molecule has 0 radical (unpaired) electrons. The molecule has 13 heavy (non-hydrogen) atoms. The van der Waals surface area contributed by atoms with Gasteiger partial charge in [0, 0.05) is 19.5 Å². The van der Waals surface area contributed by atoms with Gasteiger partial charge in [-0.25, -0.2) is 0 Å². The van der Waals surface area contributed by atoms with Gasteiger partial charge in [-0.3, -0.25) is 4.68 Å². The van der Waals surface area contributed by atoms with Gasteiger partial charge in [-0.1, -0.05) is 6.92 Å². The Morgan fingerprint density at radius 1 is 1.62 bits per heavy atom. The second-order valence-corrected chi connectivity index (χ2v) is 2.94. The van der Waals surface area contributed by atoms with E-state index in [0.717, 1.165) is 13.1 Å². The Bertz CT molecular complexity index is 205. The lowest BCUT2D eigenvalue weighted by Gasteiger charge is -2.16. The molecular formula is C9H17N3O. The summed E-state index contributed by atoms with van der Waals surface area (Å²) in [6.45, 7) is 4.61. The van der Waals surface area contributed by atoms with Gasteiger partial charge in [0.25, 0.3) is 0 Å². The summed E-state index contributed by atoms with van der Waals surface area (Å²) in [6, 6.07) is 2.27. The lowest BCUT2D eigenvalue weighted by Crippen LogP contribution is -2.37. The van der Waals surface area contributed by atoms with Crippen LogP contribution in [0.3, 0.4) is 0 Å². The molecule has 0 aliphatic heterocycles. The lowest BCUT2D eigenvalue weighted by molar-refractivity contribution is 0.157. The van der Waals surface area contributed by atoms with Crippen LogP contribution < -0.4 is 5.32 Å². The first-order chi connectivity index (χ1) is 6.36. The van der Waals surface area contributed by atoms with E-state index in [1.165, 1.54) is 0 Å². The molecule has 0 amide bonds. The van der Waals surface area contributed by atoms with Gasteiger partial charge in [0.2, 0.25) is 0 Å². The standard InChI is InChI=1S/C9H17N3O/c1-3-10-9(8-13-2)7-12-6-4-5-11-12/h4-6,9-10H,3,7-8H2,1-2H3. The van der Waals surface area contributed by atoms with Crippen LogP contribution in [0.2, 0.25) is 0 Å². The molecule has 74 valence electrons. The first kappa shape index (κ1) is 10.2. The number of nitrogens with zero attached hydrogens (tertiary/aromatic N) is 2. The van der Waals surface area contributed by atoms with Gasteiger partial charge in [-0.2, -0.15) is 5.10 Å². The summed E-state index contributed by atoms with van der Waals surface area (Å²) in [6.07, 6.45) is 3.75. The van der Waals surface area contributed by atoms with E-state index in [-0.39, 0.29) is 0 Å². The van der Waals surface area contributed by atoms with Crippen LogP contribution in [0.15, 0.2) is 18.5 Å². The van der Waals surface area contributed by atoms with E-state index in [1.807, 2.05) is 16.9 Å². The third kappa shape index (κ3) is 3.57. The van der Waals surface area contributed by atoms with Crippen molar-refractivity contribution >= 4 is 0 Å². The second-order valence-electron chi connectivity index (χ2n) is 2.94. The molecule has 1 rings (SSSR count). The fourth-order valence-electron chi connectivity index (χ4n) is 1.30. The first-order valence-electron chi connectivity index (χ1n) is 4.56. The topological polar surface area (TPSA) is 39.1 Å². The highest BCUT2D eigenvalue weighted by molar-refractivity contribution is 4.79. The zero-order valence-corrected chi connectivity index (χ0v) is 8.23. The van der Waals surface area contributed by atoms with Gasteiger partial charge in [0.1, 0.15) is 0 Å². The molecule has 0 bridgehead atoms. The van der Waals surface area contributed by atoms with Crippen LogP contribution in [0.4, 0.5) is 0 Å². The molecule has 1 heterocycles. The Morgan fingerprint density at radius 2 is 2.46 bits per heavy atom. The minimum atomic E-state index is 0.343. The molecule has 0 saturated heterocycles. The Hall–Kier alpha value is -0.870. The molecule has 0 aliphatic rings. The van der Waals surface area contributed by atoms with E-state index in [1.54, 1.807) is 13.3 Å². The maximum atomic E-state index is 5.10. The number of methoxy groups -OCH3 is 1. The lowest BCUT2D eigenvalue weighted by atomic mass is 10.3. The highest BCUT2D eigenvalue weighted by atomic mass is 16.5. The van der Waals surface area contributed by atoms with Crippen LogP contribution >= 0.6 is 0 Å². The summed E-state index contributed by atoms with van der Waals surface area (Å²) < 4.78 is 7.01.